The summed E-state index contributed by atoms with van der Waals surface area (Å²) in [5, 5.41) is 20.3. The zero-order valence-corrected chi connectivity index (χ0v) is 20.4. The lowest BCUT2D eigenvalue weighted by Gasteiger charge is -2.18. The molecule has 0 heterocycles. The van der Waals surface area contributed by atoms with Crippen molar-refractivity contribution in [3.8, 4) is 11.5 Å². The van der Waals surface area contributed by atoms with Gasteiger partial charge in [0.1, 0.15) is 11.5 Å². The summed E-state index contributed by atoms with van der Waals surface area (Å²) in [5.41, 5.74) is 7.27. The number of rotatable bonds is 8. The van der Waals surface area contributed by atoms with Gasteiger partial charge in [-0.1, -0.05) is 90.1 Å². The Labute approximate surface area is 194 Å². The van der Waals surface area contributed by atoms with Crippen molar-refractivity contribution >= 4 is 0 Å². The first-order chi connectivity index (χ1) is 15.2. The highest BCUT2D eigenvalue weighted by atomic mass is 16.3. The highest BCUT2D eigenvalue weighted by Gasteiger charge is 2.14. The summed E-state index contributed by atoms with van der Waals surface area (Å²) >= 11 is 0. The number of benzene rings is 3. The second-order valence-electron chi connectivity index (χ2n) is 9.98. The lowest BCUT2D eigenvalue weighted by atomic mass is 9.88. The Kier molecular flexibility index (Phi) is 7.66. The minimum atomic E-state index is 0.308. The summed E-state index contributed by atoms with van der Waals surface area (Å²) in [6.45, 7) is 13.0. The van der Waals surface area contributed by atoms with Gasteiger partial charge in [0.15, 0.2) is 0 Å². The van der Waals surface area contributed by atoms with Crippen molar-refractivity contribution in [2.24, 2.45) is 0 Å². The van der Waals surface area contributed by atoms with Gasteiger partial charge in [0, 0.05) is 0 Å². The maximum absolute atomic E-state index is 10.1. The summed E-state index contributed by atoms with van der Waals surface area (Å²) in [6.07, 6.45) is 1.95. The van der Waals surface area contributed by atoms with Crippen molar-refractivity contribution in [1.82, 2.24) is 0 Å². The van der Waals surface area contributed by atoms with Crippen LogP contribution in [-0.2, 0) is 12.8 Å². The van der Waals surface area contributed by atoms with Gasteiger partial charge in [0.05, 0.1) is 0 Å². The molecule has 0 aliphatic heterocycles. The van der Waals surface area contributed by atoms with Crippen molar-refractivity contribution in [1.29, 1.82) is 0 Å². The van der Waals surface area contributed by atoms with E-state index in [1.807, 2.05) is 12.1 Å². The highest BCUT2D eigenvalue weighted by Crippen LogP contribution is 2.32. The highest BCUT2D eigenvalue weighted by molar-refractivity contribution is 5.41. The van der Waals surface area contributed by atoms with Crippen LogP contribution in [0.5, 0.6) is 11.5 Å². The van der Waals surface area contributed by atoms with E-state index in [9.17, 15) is 10.2 Å². The third-order valence-electron chi connectivity index (χ3n) is 6.56. The maximum atomic E-state index is 10.1. The third kappa shape index (κ3) is 5.73. The Morgan fingerprint density at radius 3 is 1.34 bits per heavy atom. The zero-order valence-electron chi connectivity index (χ0n) is 20.4. The molecule has 0 spiro atoms. The minimum absolute atomic E-state index is 0.308. The van der Waals surface area contributed by atoms with Crippen molar-refractivity contribution in [3.05, 3.63) is 94.0 Å². The molecule has 2 atom stereocenters. The summed E-state index contributed by atoms with van der Waals surface area (Å²) in [7, 11) is 0. The van der Waals surface area contributed by atoms with Gasteiger partial charge in [-0.15, -0.1) is 0 Å². The molecule has 2 nitrogen and oxygen atoms in total. The molecule has 2 heteroatoms. The molecule has 3 rings (SSSR count). The van der Waals surface area contributed by atoms with E-state index in [0.717, 1.165) is 24.0 Å². The van der Waals surface area contributed by atoms with E-state index in [1.54, 1.807) is 0 Å². The lowest BCUT2D eigenvalue weighted by molar-refractivity contribution is 0.463. The van der Waals surface area contributed by atoms with E-state index in [4.69, 9.17) is 0 Å². The van der Waals surface area contributed by atoms with Gasteiger partial charge in [-0.2, -0.15) is 0 Å². The molecule has 0 radical (unpaired) electrons. The molecule has 0 amide bonds. The number of hydrogen-bond acceptors (Lipinski definition) is 2. The molecule has 0 aliphatic carbocycles. The second kappa shape index (κ2) is 10.3. The molecular weight excluding hydrogens is 392 g/mol. The van der Waals surface area contributed by atoms with Crippen LogP contribution < -0.4 is 0 Å². The number of aromatic hydroxyl groups is 2. The number of hydrogen-bond donors (Lipinski definition) is 2. The van der Waals surface area contributed by atoms with Gasteiger partial charge in [0.2, 0.25) is 0 Å². The molecule has 0 bridgehead atoms. The fraction of sp³-hybridized carbons (Fsp3) is 0.400. The Balaban J connectivity index is 1.73. The molecule has 2 unspecified atom stereocenters. The van der Waals surface area contributed by atoms with Crippen LogP contribution >= 0.6 is 0 Å². The van der Waals surface area contributed by atoms with Crippen molar-refractivity contribution < 1.29 is 10.2 Å². The predicted molar refractivity (Wildman–Crippen MR) is 135 cm³/mol. The Morgan fingerprint density at radius 1 is 0.562 bits per heavy atom. The molecule has 2 N–H and O–H groups in total. The first-order valence-corrected chi connectivity index (χ1v) is 11.9. The van der Waals surface area contributed by atoms with Crippen molar-refractivity contribution in [2.75, 3.05) is 0 Å². The van der Waals surface area contributed by atoms with Gasteiger partial charge < -0.3 is 10.2 Å². The maximum Gasteiger partial charge on any atom is 0.119 e. The van der Waals surface area contributed by atoms with E-state index in [-0.39, 0.29) is 0 Å². The van der Waals surface area contributed by atoms with Crippen LogP contribution in [0.3, 0.4) is 0 Å². The van der Waals surface area contributed by atoms with E-state index < -0.39 is 0 Å². The topological polar surface area (TPSA) is 40.5 Å². The standard InChI is InChI=1S/C30H38O2/c1-19(2)27-17-25(10-12-29(27)31)21(5)14-23-8-7-9-24(16-23)15-22(6)26-11-13-30(32)28(18-26)20(3)4/h7-13,16-22,31-32H,14-15H2,1-6H3. The zero-order chi connectivity index (χ0) is 23.4. The molecule has 3 aromatic carbocycles. The lowest BCUT2D eigenvalue weighted by Crippen LogP contribution is -2.03. The third-order valence-corrected chi connectivity index (χ3v) is 6.56. The molecule has 0 fully saturated rings. The number of phenolic OH excluding ortho intramolecular Hbond substituents is 2. The van der Waals surface area contributed by atoms with E-state index >= 15 is 0 Å². The predicted octanol–water partition coefficient (Wildman–Crippen LogP) is 8.04. The SMILES string of the molecule is CC(C)c1cc(C(C)Cc2cccc(CC(C)c3ccc(O)c(C(C)C)c3)c2)ccc1O. The fourth-order valence-corrected chi connectivity index (χ4v) is 4.51. The first-order valence-electron chi connectivity index (χ1n) is 11.9. The van der Waals surface area contributed by atoms with Crippen LogP contribution in [0.4, 0.5) is 0 Å². The quantitative estimate of drug-likeness (QED) is 0.379. The Bertz CT molecular complexity index is 968. The van der Waals surface area contributed by atoms with Crippen molar-refractivity contribution in [2.45, 2.75) is 78.1 Å². The minimum Gasteiger partial charge on any atom is -0.508 e. The summed E-state index contributed by atoms with van der Waals surface area (Å²) in [6, 6.07) is 21.0. The van der Waals surface area contributed by atoms with E-state index in [1.165, 1.54) is 22.3 Å². The monoisotopic (exact) mass is 430 g/mol. The Morgan fingerprint density at radius 2 is 0.969 bits per heavy atom. The van der Waals surface area contributed by atoms with Crippen LogP contribution in [0.2, 0.25) is 0 Å². The van der Waals surface area contributed by atoms with Crippen LogP contribution in [0.15, 0.2) is 60.7 Å². The van der Waals surface area contributed by atoms with Crippen LogP contribution in [0, 0.1) is 0 Å². The van der Waals surface area contributed by atoms with Crippen LogP contribution in [-0.4, -0.2) is 10.2 Å². The van der Waals surface area contributed by atoms with E-state index in [0.29, 0.717) is 35.2 Å². The van der Waals surface area contributed by atoms with Crippen molar-refractivity contribution in [3.63, 3.8) is 0 Å². The fourth-order valence-electron chi connectivity index (χ4n) is 4.51. The largest absolute Gasteiger partial charge is 0.508 e. The van der Waals surface area contributed by atoms with Gasteiger partial charge in [0.25, 0.3) is 0 Å². The average Bonchev–Trinajstić information content (AvgIpc) is 2.74. The van der Waals surface area contributed by atoms with Gasteiger partial charge in [-0.3, -0.25) is 0 Å². The molecule has 0 saturated carbocycles. The van der Waals surface area contributed by atoms with Gasteiger partial charge in [-0.25, -0.2) is 0 Å². The first kappa shape index (κ1) is 23.9. The molecule has 0 aromatic heterocycles. The molecular formula is C30H38O2. The van der Waals surface area contributed by atoms with Gasteiger partial charge in [-0.05, 0) is 82.0 Å². The second-order valence-corrected chi connectivity index (χ2v) is 9.98. The van der Waals surface area contributed by atoms with Crippen LogP contribution in [0.1, 0.15) is 98.6 Å². The smallest absolute Gasteiger partial charge is 0.119 e. The Hall–Kier alpha value is -2.74. The van der Waals surface area contributed by atoms with Crippen LogP contribution in [0.25, 0.3) is 0 Å². The molecule has 32 heavy (non-hydrogen) atoms. The van der Waals surface area contributed by atoms with Gasteiger partial charge >= 0.3 is 0 Å². The number of phenols is 2. The summed E-state index contributed by atoms with van der Waals surface area (Å²) in [5.74, 6) is 2.16. The molecule has 170 valence electrons. The summed E-state index contributed by atoms with van der Waals surface area (Å²) in [4.78, 5) is 0. The summed E-state index contributed by atoms with van der Waals surface area (Å²) < 4.78 is 0. The average molecular weight is 431 g/mol. The molecule has 0 saturated heterocycles. The molecule has 3 aromatic rings. The van der Waals surface area contributed by atoms with E-state index in [2.05, 4.69) is 90.1 Å². The molecule has 0 aliphatic rings. The normalized spacial score (nSPS) is 13.5.